The summed E-state index contributed by atoms with van der Waals surface area (Å²) in [6.07, 6.45) is 2.28. The van der Waals surface area contributed by atoms with Crippen molar-refractivity contribution in [1.82, 2.24) is 9.78 Å². The van der Waals surface area contributed by atoms with E-state index in [1.165, 1.54) is 0 Å². The first-order chi connectivity index (χ1) is 8.66. The highest BCUT2D eigenvalue weighted by molar-refractivity contribution is 5.93. The van der Waals surface area contributed by atoms with Crippen LogP contribution in [-0.4, -0.2) is 22.1 Å². The van der Waals surface area contributed by atoms with E-state index in [-0.39, 0.29) is 11.2 Å². The van der Waals surface area contributed by atoms with Crippen LogP contribution in [0.2, 0.25) is 0 Å². The van der Waals surface area contributed by atoms with Crippen LogP contribution in [0.25, 0.3) is 10.9 Å². The van der Waals surface area contributed by atoms with Gasteiger partial charge in [-0.15, -0.1) is 0 Å². The number of hydrogen-bond donors (Lipinski definition) is 1. The van der Waals surface area contributed by atoms with Gasteiger partial charge in [0, 0.05) is 24.4 Å². The molecule has 0 amide bonds. The number of hydrogen-bond acceptors (Lipinski definition) is 3. The number of rotatable bonds is 4. The largest absolute Gasteiger partial charge is 0.329 e. The van der Waals surface area contributed by atoms with Gasteiger partial charge in [-0.2, -0.15) is 5.10 Å². The number of carbonyl (C=O) groups excluding carboxylic acids is 1. The molecule has 1 saturated carbocycles. The maximum atomic E-state index is 12.3. The Labute approximate surface area is 106 Å². The van der Waals surface area contributed by atoms with E-state index < -0.39 is 0 Å². The zero-order chi connectivity index (χ0) is 12.8. The summed E-state index contributed by atoms with van der Waals surface area (Å²) in [5.41, 5.74) is 7.40. The first kappa shape index (κ1) is 11.4. The summed E-state index contributed by atoms with van der Waals surface area (Å²) in [6, 6.07) is 8.00. The van der Waals surface area contributed by atoms with E-state index in [2.05, 4.69) is 5.10 Å². The van der Waals surface area contributed by atoms with Crippen LogP contribution in [0.5, 0.6) is 0 Å². The quantitative estimate of drug-likeness (QED) is 0.883. The minimum Gasteiger partial charge on any atom is -0.329 e. The molecule has 94 valence electrons. The minimum atomic E-state index is -0.237. The number of benzene rings is 1. The van der Waals surface area contributed by atoms with Crippen molar-refractivity contribution >= 4 is 16.7 Å². The van der Waals surface area contributed by atoms with Gasteiger partial charge in [-0.25, -0.2) is 0 Å². The van der Waals surface area contributed by atoms with Gasteiger partial charge in [-0.3, -0.25) is 9.48 Å². The molecule has 1 fully saturated rings. The SMILES string of the molecule is Cn1nc(CC(=O)C2(CN)CC2)c2ccccc21. The Bertz CT molecular complexity index is 611. The Morgan fingerprint density at radius 3 is 2.83 bits per heavy atom. The van der Waals surface area contributed by atoms with Crippen molar-refractivity contribution in [3.63, 3.8) is 0 Å². The number of nitrogens with zero attached hydrogens (tertiary/aromatic N) is 2. The number of Topliss-reactive ketones (excluding diaryl/α,β-unsaturated/α-hetero) is 1. The molecule has 2 aromatic rings. The van der Waals surface area contributed by atoms with Gasteiger partial charge in [-0.05, 0) is 18.9 Å². The van der Waals surface area contributed by atoms with Crippen molar-refractivity contribution in [3.05, 3.63) is 30.0 Å². The Morgan fingerprint density at radius 2 is 2.17 bits per heavy atom. The number of para-hydroxylation sites is 1. The Hall–Kier alpha value is -1.68. The summed E-state index contributed by atoms with van der Waals surface area (Å²) < 4.78 is 1.83. The van der Waals surface area contributed by atoms with E-state index in [9.17, 15) is 4.79 Å². The second-order valence-corrected chi connectivity index (χ2v) is 5.17. The second kappa shape index (κ2) is 3.92. The monoisotopic (exact) mass is 243 g/mol. The summed E-state index contributed by atoms with van der Waals surface area (Å²) in [6.45, 7) is 0.469. The fourth-order valence-corrected chi connectivity index (χ4v) is 2.51. The highest BCUT2D eigenvalue weighted by atomic mass is 16.1. The van der Waals surface area contributed by atoms with Gasteiger partial charge in [0.2, 0.25) is 0 Å². The topological polar surface area (TPSA) is 60.9 Å². The van der Waals surface area contributed by atoms with E-state index in [0.717, 1.165) is 29.4 Å². The van der Waals surface area contributed by atoms with Crippen LogP contribution in [0.15, 0.2) is 24.3 Å². The number of ketones is 1. The smallest absolute Gasteiger partial charge is 0.146 e. The lowest BCUT2D eigenvalue weighted by molar-refractivity contribution is -0.123. The van der Waals surface area contributed by atoms with Crippen LogP contribution >= 0.6 is 0 Å². The summed E-state index contributed by atoms with van der Waals surface area (Å²) in [4.78, 5) is 12.3. The molecule has 0 atom stereocenters. The van der Waals surface area contributed by atoms with E-state index in [4.69, 9.17) is 5.73 Å². The molecule has 18 heavy (non-hydrogen) atoms. The lowest BCUT2D eigenvalue weighted by Gasteiger charge is -2.09. The predicted molar refractivity (Wildman–Crippen MR) is 70.1 cm³/mol. The predicted octanol–water partition coefficient (Wildman–Crippen LogP) is 1.42. The molecule has 1 aromatic heterocycles. The summed E-state index contributed by atoms with van der Waals surface area (Å²) in [5.74, 6) is 0.244. The van der Waals surface area contributed by atoms with Crippen LogP contribution in [0.1, 0.15) is 18.5 Å². The number of nitrogens with two attached hydrogens (primary N) is 1. The third-order valence-electron chi connectivity index (χ3n) is 4.00. The van der Waals surface area contributed by atoms with E-state index in [0.29, 0.717) is 13.0 Å². The second-order valence-electron chi connectivity index (χ2n) is 5.17. The van der Waals surface area contributed by atoms with Gasteiger partial charge in [0.25, 0.3) is 0 Å². The van der Waals surface area contributed by atoms with Crippen LogP contribution in [0.3, 0.4) is 0 Å². The fraction of sp³-hybridized carbons (Fsp3) is 0.429. The van der Waals surface area contributed by atoms with E-state index in [1.807, 2.05) is 36.0 Å². The van der Waals surface area contributed by atoms with Gasteiger partial charge < -0.3 is 5.73 Å². The van der Waals surface area contributed by atoms with Crippen molar-refractivity contribution in [1.29, 1.82) is 0 Å². The third-order valence-corrected chi connectivity index (χ3v) is 4.00. The van der Waals surface area contributed by atoms with Crippen LogP contribution in [-0.2, 0) is 18.3 Å². The zero-order valence-electron chi connectivity index (χ0n) is 10.5. The lowest BCUT2D eigenvalue weighted by atomic mass is 9.96. The lowest BCUT2D eigenvalue weighted by Crippen LogP contribution is -2.26. The van der Waals surface area contributed by atoms with E-state index >= 15 is 0 Å². The van der Waals surface area contributed by atoms with Gasteiger partial charge in [0.1, 0.15) is 5.78 Å². The molecule has 4 nitrogen and oxygen atoms in total. The molecule has 1 aliphatic carbocycles. The molecule has 1 aromatic carbocycles. The first-order valence-corrected chi connectivity index (χ1v) is 6.30. The normalized spacial score (nSPS) is 17.0. The van der Waals surface area contributed by atoms with Crippen molar-refractivity contribution in [2.45, 2.75) is 19.3 Å². The van der Waals surface area contributed by atoms with Crippen molar-refractivity contribution in [2.24, 2.45) is 18.2 Å². The molecule has 0 bridgehead atoms. The molecular weight excluding hydrogens is 226 g/mol. The van der Waals surface area contributed by atoms with Gasteiger partial charge in [-0.1, -0.05) is 18.2 Å². The molecule has 2 N–H and O–H groups in total. The van der Waals surface area contributed by atoms with Crippen LogP contribution in [0.4, 0.5) is 0 Å². The number of fused-ring (bicyclic) bond motifs is 1. The summed E-state index contributed by atoms with van der Waals surface area (Å²) in [7, 11) is 1.91. The molecule has 0 radical (unpaired) electrons. The standard InChI is InChI=1S/C14H17N3O/c1-17-12-5-3-2-4-10(12)11(16-17)8-13(18)14(9-15)6-7-14/h2-5H,6-9,15H2,1H3. The van der Waals surface area contributed by atoms with Gasteiger partial charge in [0.15, 0.2) is 0 Å². The Balaban J connectivity index is 1.94. The van der Waals surface area contributed by atoms with Crippen LogP contribution < -0.4 is 5.73 Å². The fourth-order valence-electron chi connectivity index (χ4n) is 2.51. The number of aryl methyl sites for hydroxylation is 1. The Morgan fingerprint density at radius 1 is 1.44 bits per heavy atom. The molecule has 0 aliphatic heterocycles. The third kappa shape index (κ3) is 1.64. The molecule has 0 unspecified atom stereocenters. The molecule has 4 heteroatoms. The maximum absolute atomic E-state index is 12.3. The molecular formula is C14H17N3O. The highest BCUT2D eigenvalue weighted by Crippen LogP contribution is 2.46. The maximum Gasteiger partial charge on any atom is 0.146 e. The van der Waals surface area contributed by atoms with Crippen molar-refractivity contribution in [3.8, 4) is 0 Å². The molecule has 1 aliphatic rings. The molecule has 0 saturated heterocycles. The Kier molecular flexibility index (Phi) is 2.48. The van der Waals surface area contributed by atoms with Crippen molar-refractivity contribution in [2.75, 3.05) is 6.54 Å². The summed E-state index contributed by atoms with van der Waals surface area (Å²) >= 11 is 0. The highest BCUT2D eigenvalue weighted by Gasteiger charge is 2.47. The van der Waals surface area contributed by atoms with Crippen LogP contribution in [0, 0.1) is 5.41 Å². The average molecular weight is 243 g/mol. The number of aromatic nitrogens is 2. The molecule has 1 heterocycles. The first-order valence-electron chi connectivity index (χ1n) is 6.30. The van der Waals surface area contributed by atoms with Crippen molar-refractivity contribution < 1.29 is 4.79 Å². The molecule has 3 rings (SSSR count). The average Bonchev–Trinajstić information content (AvgIpc) is 3.13. The summed E-state index contributed by atoms with van der Waals surface area (Å²) in [5, 5.41) is 5.53. The van der Waals surface area contributed by atoms with Gasteiger partial charge in [0.05, 0.1) is 17.6 Å². The minimum absolute atomic E-state index is 0.237. The zero-order valence-corrected chi connectivity index (χ0v) is 10.5. The number of carbonyl (C=O) groups is 1. The van der Waals surface area contributed by atoms with Gasteiger partial charge >= 0.3 is 0 Å². The molecule has 0 spiro atoms. The van der Waals surface area contributed by atoms with E-state index in [1.54, 1.807) is 0 Å².